The number of thiol groups is 2. The highest BCUT2D eigenvalue weighted by Gasteiger charge is 2.28. The van der Waals surface area contributed by atoms with E-state index in [1.165, 1.54) is 32.1 Å². The van der Waals surface area contributed by atoms with E-state index in [0.29, 0.717) is 16.3 Å². The van der Waals surface area contributed by atoms with Crippen LogP contribution in [0.3, 0.4) is 0 Å². The number of nitrogens with one attached hydrogen (secondary N) is 1. The second kappa shape index (κ2) is 11.1. The molecule has 0 aliphatic heterocycles. The lowest BCUT2D eigenvalue weighted by Gasteiger charge is -2.35. The Balaban J connectivity index is 2.79. The van der Waals surface area contributed by atoms with Gasteiger partial charge in [-0.3, -0.25) is 0 Å². The van der Waals surface area contributed by atoms with Crippen molar-refractivity contribution in [3.05, 3.63) is 0 Å². The van der Waals surface area contributed by atoms with Crippen molar-refractivity contribution in [3.8, 4) is 0 Å². The predicted molar refractivity (Wildman–Crippen MR) is 104 cm³/mol. The summed E-state index contributed by atoms with van der Waals surface area (Å²) in [7, 11) is 0. The Hall–Kier alpha value is -0.490. The van der Waals surface area contributed by atoms with Gasteiger partial charge in [-0.2, -0.15) is 15.0 Å². The number of nitrogens with zero attached hydrogens (tertiary/aromatic N) is 3. The van der Waals surface area contributed by atoms with E-state index in [1.807, 2.05) is 0 Å². The molecule has 0 fully saturated rings. The standard InChI is InChI=1S/C17H32N4S2/c1-4-7-8-9-10-13-17(11-5-2,12-6-3)21-14-18-15(22)20-16(23)19-14/h4-13H2,1-3H3,(H3,18,19,20,21,22,23). The van der Waals surface area contributed by atoms with Crippen molar-refractivity contribution in [2.24, 2.45) is 0 Å². The average Bonchev–Trinajstić information content (AvgIpc) is 2.46. The highest BCUT2D eigenvalue weighted by Crippen LogP contribution is 2.30. The molecule has 1 heterocycles. The molecule has 0 amide bonds. The first kappa shape index (κ1) is 20.6. The number of aromatic nitrogens is 3. The molecule has 1 aromatic rings. The Kier molecular flexibility index (Phi) is 9.95. The molecule has 0 saturated carbocycles. The molecule has 0 bridgehead atoms. The number of hydrogen-bond acceptors (Lipinski definition) is 6. The van der Waals surface area contributed by atoms with Gasteiger partial charge in [0.1, 0.15) is 0 Å². The van der Waals surface area contributed by atoms with Gasteiger partial charge >= 0.3 is 0 Å². The molecule has 1 aromatic heterocycles. The summed E-state index contributed by atoms with van der Waals surface area (Å²) in [6.45, 7) is 6.74. The van der Waals surface area contributed by atoms with Gasteiger partial charge in [0.15, 0.2) is 10.3 Å². The SMILES string of the molecule is CCCCCCCC(CCC)(CCC)Nc1nc(S)nc(S)n1. The minimum Gasteiger partial charge on any atom is -0.349 e. The summed E-state index contributed by atoms with van der Waals surface area (Å²) in [5, 5.41) is 4.44. The zero-order valence-corrected chi connectivity index (χ0v) is 16.6. The summed E-state index contributed by atoms with van der Waals surface area (Å²) in [5.41, 5.74) is 0.0670. The topological polar surface area (TPSA) is 50.7 Å². The van der Waals surface area contributed by atoms with Gasteiger partial charge in [0.2, 0.25) is 5.95 Å². The number of hydrogen-bond donors (Lipinski definition) is 3. The molecule has 4 nitrogen and oxygen atoms in total. The fourth-order valence-corrected chi connectivity index (χ4v) is 3.69. The largest absolute Gasteiger partial charge is 0.349 e. The third-order valence-corrected chi connectivity index (χ3v) is 4.60. The Labute approximate surface area is 152 Å². The van der Waals surface area contributed by atoms with E-state index in [4.69, 9.17) is 0 Å². The molecular weight excluding hydrogens is 324 g/mol. The van der Waals surface area contributed by atoms with Crippen LogP contribution in [0.5, 0.6) is 0 Å². The van der Waals surface area contributed by atoms with Crippen LogP contribution in [-0.2, 0) is 0 Å². The Morgan fingerprint density at radius 3 is 1.83 bits per heavy atom. The van der Waals surface area contributed by atoms with E-state index in [1.54, 1.807) is 0 Å². The maximum absolute atomic E-state index is 4.32. The maximum Gasteiger partial charge on any atom is 0.228 e. The average molecular weight is 357 g/mol. The van der Waals surface area contributed by atoms with Gasteiger partial charge in [-0.25, -0.2) is 0 Å². The third kappa shape index (κ3) is 7.75. The number of rotatable bonds is 12. The Morgan fingerprint density at radius 1 is 0.739 bits per heavy atom. The summed E-state index contributed by atoms with van der Waals surface area (Å²) in [6.07, 6.45) is 12.2. The van der Waals surface area contributed by atoms with Gasteiger partial charge < -0.3 is 5.32 Å². The minimum atomic E-state index is 0.0670. The lowest BCUT2D eigenvalue weighted by molar-refractivity contribution is 0.347. The van der Waals surface area contributed by atoms with Gasteiger partial charge in [-0.05, 0) is 19.3 Å². The van der Waals surface area contributed by atoms with Gasteiger partial charge in [-0.15, -0.1) is 25.3 Å². The van der Waals surface area contributed by atoms with Crippen LogP contribution < -0.4 is 5.32 Å². The minimum absolute atomic E-state index is 0.0670. The summed E-state index contributed by atoms with van der Waals surface area (Å²) in [4.78, 5) is 12.7. The molecule has 1 rings (SSSR count). The quantitative estimate of drug-likeness (QED) is 0.339. The fourth-order valence-electron chi connectivity index (χ4n) is 3.23. The van der Waals surface area contributed by atoms with Crippen LogP contribution in [0.15, 0.2) is 10.3 Å². The molecule has 23 heavy (non-hydrogen) atoms. The first-order valence-corrected chi connectivity index (χ1v) is 9.87. The van der Waals surface area contributed by atoms with Crippen LogP contribution in [0.25, 0.3) is 0 Å². The monoisotopic (exact) mass is 356 g/mol. The molecule has 0 spiro atoms. The van der Waals surface area contributed by atoms with E-state index >= 15 is 0 Å². The van der Waals surface area contributed by atoms with Gasteiger partial charge in [0, 0.05) is 5.54 Å². The molecule has 1 N–H and O–H groups in total. The van der Waals surface area contributed by atoms with Gasteiger partial charge in [-0.1, -0.05) is 65.7 Å². The van der Waals surface area contributed by atoms with Crippen LogP contribution in [0.4, 0.5) is 5.95 Å². The number of unbranched alkanes of at least 4 members (excludes halogenated alkanes) is 4. The second-order valence-corrected chi connectivity index (χ2v) is 7.13. The highest BCUT2D eigenvalue weighted by molar-refractivity contribution is 7.80. The van der Waals surface area contributed by atoms with Gasteiger partial charge in [0.05, 0.1) is 0 Å². The first-order chi connectivity index (χ1) is 11.0. The van der Waals surface area contributed by atoms with Crippen molar-refractivity contribution in [2.45, 2.75) is 101 Å². The summed E-state index contributed by atoms with van der Waals surface area (Å²) < 4.78 is 0. The molecule has 0 aliphatic rings. The summed E-state index contributed by atoms with van der Waals surface area (Å²) in [6, 6.07) is 0. The molecule has 0 aromatic carbocycles. The van der Waals surface area contributed by atoms with Crippen molar-refractivity contribution < 1.29 is 0 Å². The van der Waals surface area contributed by atoms with E-state index < -0.39 is 0 Å². The maximum atomic E-state index is 4.32. The van der Waals surface area contributed by atoms with E-state index in [-0.39, 0.29) is 5.54 Å². The summed E-state index contributed by atoms with van der Waals surface area (Å²) >= 11 is 8.47. The van der Waals surface area contributed by atoms with Crippen molar-refractivity contribution in [1.82, 2.24) is 15.0 Å². The normalized spacial score (nSPS) is 11.7. The van der Waals surface area contributed by atoms with Crippen molar-refractivity contribution in [3.63, 3.8) is 0 Å². The Morgan fingerprint density at radius 2 is 1.30 bits per heavy atom. The zero-order chi connectivity index (χ0) is 17.1. The van der Waals surface area contributed by atoms with Crippen LogP contribution in [0, 0.1) is 0 Å². The molecule has 0 saturated heterocycles. The van der Waals surface area contributed by atoms with Crippen molar-refractivity contribution in [1.29, 1.82) is 0 Å². The summed E-state index contributed by atoms with van der Waals surface area (Å²) in [5.74, 6) is 0.602. The molecule has 0 atom stereocenters. The van der Waals surface area contributed by atoms with E-state index in [2.05, 4.69) is 66.3 Å². The first-order valence-electron chi connectivity index (χ1n) is 8.97. The van der Waals surface area contributed by atoms with Crippen molar-refractivity contribution >= 4 is 31.2 Å². The van der Waals surface area contributed by atoms with Crippen LogP contribution in [-0.4, -0.2) is 20.5 Å². The zero-order valence-electron chi connectivity index (χ0n) is 14.8. The molecule has 0 unspecified atom stereocenters. The molecule has 0 aliphatic carbocycles. The lowest BCUT2D eigenvalue weighted by atomic mass is 9.83. The molecule has 6 heteroatoms. The molecule has 132 valence electrons. The third-order valence-electron chi connectivity index (χ3n) is 4.20. The van der Waals surface area contributed by atoms with Crippen LogP contribution in [0.2, 0.25) is 0 Å². The molecule has 0 radical (unpaired) electrons. The van der Waals surface area contributed by atoms with E-state index in [9.17, 15) is 0 Å². The lowest BCUT2D eigenvalue weighted by Crippen LogP contribution is -2.39. The number of anilines is 1. The highest BCUT2D eigenvalue weighted by atomic mass is 32.1. The molecular formula is C17H32N4S2. The Bertz CT molecular complexity index is 428. The van der Waals surface area contributed by atoms with Crippen LogP contribution in [0.1, 0.15) is 85.0 Å². The smallest absolute Gasteiger partial charge is 0.228 e. The fraction of sp³-hybridized carbons (Fsp3) is 0.824. The van der Waals surface area contributed by atoms with Gasteiger partial charge in [0.25, 0.3) is 0 Å². The predicted octanol–water partition coefficient (Wildman–Crippen LogP) is 5.56. The van der Waals surface area contributed by atoms with E-state index in [0.717, 1.165) is 32.1 Å². The second-order valence-electron chi connectivity index (χ2n) is 6.33. The van der Waals surface area contributed by atoms with Crippen LogP contribution >= 0.6 is 25.3 Å². The van der Waals surface area contributed by atoms with Crippen molar-refractivity contribution in [2.75, 3.05) is 5.32 Å².